The summed E-state index contributed by atoms with van der Waals surface area (Å²) in [5.74, 6) is -0.707. The molecule has 0 aromatic heterocycles. The van der Waals surface area contributed by atoms with E-state index in [-0.39, 0.29) is 21.9 Å². The van der Waals surface area contributed by atoms with Gasteiger partial charge in [-0.3, -0.25) is 4.31 Å². The summed E-state index contributed by atoms with van der Waals surface area (Å²) in [7, 11) is -2.94. The number of esters is 1. The Kier molecular flexibility index (Phi) is 7.66. The van der Waals surface area contributed by atoms with E-state index in [9.17, 15) is 13.2 Å². The van der Waals surface area contributed by atoms with Crippen LogP contribution in [0.2, 0.25) is 0 Å². The molecule has 1 atom stereocenters. The van der Waals surface area contributed by atoms with E-state index in [4.69, 9.17) is 14.2 Å². The average molecular weight is 506 g/mol. The molecule has 2 aliphatic rings. The molecule has 9 heteroatoms. The molecule has 2 aromatic rings. The summed E-state index contributed by atoms with van der Waals surface area (Å²) in [6.45, 7) is 5.42. The lowest BCUT2D eigenvalue weighted by molar-refractivity contribution is 0.0483. The number of halogens is 1. The quantitative estimate of drug-likeness (QED) is 0.515. The maximum atomic E-state index is 15.2. The average Bonchev–Trinajstić information content (AvgIpc) is 2.87. The van der Waals surface area contributed by atoms with Gasteiger partial charge in [0.2, 0.25) is 0 Å². The summed E-state index contributed by atoms with van der Waals surface area (Å²) in [6.07, 6.45) is 3.54. The first-order valence-corrected chi connectivity index (χ1v) is 13.5. The molecule has 0 N–H and O–H groups in total. The van der Waals surface area contributed by atoms with Crippen molar-refractivity contribution in [2.75, 3.05) is 31.2 Å². The number of hydrogen-bond donors (Lipinski definition) is 0. The van der Waals surface area contributed by atoms with Crippen LogP contribution in [0.3, 0.4) is 0 Å². The Balaban J connectivity index is 1.70. The van der Waals surface area contributed by atoms with Gasteiger partial charge < -0.3 is 14.2 Å². The fourth-order valence-corrected chi connectivity index (χ4v) is 6.48. The van der Waals surface area contributed by atoms with Crippen molar-refractivity contribution >= 4 is 21.7 Å². The molecule has 2 aliphatic heterocycles. The molecule has 0 unspecified atom stereocenters. The van der Waals surface area contributed by atoms with E-state index in [1.165, 1.54) is 31.4 Å². The van der Waals surface area contributed by atoms with Gasteiger partial charge in [-0.25, -0.2) is 17.6 Å². The number of methoxy groups -OCH3 is 1. The van der Waals surface area contributed by atoms with Crippen molar-refractivity contribution in [2.45, 2.75) is 56.9 Å². The van der Waals surface area contributed by atoms with Crippen molar-refractivity contribution in [2.24, 2.45) is 5.92 Å². The number of benzene rings is 2. The number of rotatable bonds is 7. The highest BCUT2D eigenvalue weighted by Gasteiger charge is 2.37. The standard InChI is InChI=1S/C26H32FNO6S/c1-4-18-13-20-6-5-17(2)28(25(20)23(27)14-18)35(30,31)21-7-8-24(22(15-21)26(29)32-3)34-16-19-9-11-33-12-10-19/h7-8,13-15,17,19H,4-6,9-12,16H2,1-3H3/t17-/m0/s1. The number of anilines is 1. The van der Waals surface area contributed by atoms with Crippen LogP contribution >= 0.6 is 0 Å². The van der Waals surface area contributed by atoms with Crippen molar-refractivity contribution in [1.29, 1.82) is 0 Å². The summed E-state index contributed by atoms with van der Waals surface area (Å²) in [4.78, 5) is 12.4. The smallest absolute Gasteiger partial charge is 0.341 e. The first-order valence-electron chi connectivity index (χ1n) is 12.0. The summed E-state index contributed by atoms with van der Waals surface area (Å²) in [5, 5.41) is 0. The second kappa shape index (κ2) is 10.5. The maximum Gasteiger partial charge on any atom is 0.341 e. The normalized spacial score (nSPS) is 18.7. The lowest BCUT2D eigenvalue weighted by Gasteiger charge is -2.36. The minimum atomic E-state index is -4.17. The first kappa shape index (κ1) is 25.4. The third kappa shape index (κ3) is 5.16. The van der Waals surface area contributed by atoms with Crippen LogP contribution in [0, 0.1) is 11.7 Å². The molecule has 1 saturated heterocycles. The number of nitrogens with zero attached hydrogens (tertiary/aromatic N) is 1. The molecule has 2 heterocycles. The molecule has 0 spiro atoms. The Hall–Kier alpha value is -2.65. The molecule has 4 rings (SSSR count). The highest BCUT2D eigenvalue weighted by molar-refractivity contribution is 7.92. The zero-order valence-corrected chi connectivity index (χ0v) is 21.2. The Bertz CT molecular complexity index is 1190. The number of hydrogen-bond acceptors (Lipinski definition) is 6. The van der Waals surface area contributed by atoms with Gasteiger partial charge in [-0.2, -0.15) is 0 Å². The van der Waals surface area contributed by atoms with E-state index in [1.54, 1.807) is 6.92 Å². The molecular formula is C26H32FNO6S. The third-order valence-corrected chi connectivity index (χ3v) is 8.70. The van der Waals surface area contributed by atoms with Gasteiger partial charge in [0.05, 0.1) is 24.3 Å². The molecule has 0 saturated carbocycles. The van der Waals surface area contributed by atoms with Gasteiger partial charge in [-0.15, -0.1) is 0 Å². The SMILES string of the molecule is CCc1cc(F)c2c(c1)CC[C@H](C)N2S(=O)(=O)c1ccc(OCC2CCOCC2)c(C(=O)OC)c1. The van der Waals surface area contributed by atoms with Crippen LogP contribution in [0.15, 0.2) is 35.2 Å². The number of fused-ring (bicyclic) bond motifs is 1. The Labute approximate surface area is 206 Å². The summed E-state index contributed by atoms with van der Waals surface area (Å²) >= 11 is 0. The predicted octanol–water partition coefficient (Wildman–Crippen LogP) is 4.51. The zero-order chi connectivity index (χ0) is 25.2. The van der Waals surface area contributed by atoms with Crippen molar-refractivity contribution < 1.29 is 31.8 Å². The van der Waals surface area contributed by atoms with Crippen LogP contribution in [0.5, 0.6) is 5.75 Å². The fraction of sp³-hybridized carbons (Fsp3) is 0.500. The molecule has 0 aliphatic carbocycles. The number of aryl methyl sites for hydroxylation is 2. The second-order valence-corrected chi connectivity index (χ2v) is 11.0. The number of carbonyl (C=O) groups is 1. The van der Waals surface area contributed by atoms with Crippen molar-refractivity contribution in [3.8, 4) is 5.75 Å². The number of carbonyl (C=O) groups excluding carboxylic acids is 1. The monoisotopic (exact) mass is 505 g/mol. The largest absolute Gasteiger partial charge is 0.492 e. The van der Waals surface area contributed by atoms with E-state index in [2.05, 4.69) is 0 Å². The second-order valence-electron chi connectivity index (χ2n) is 9.14. The lowest BCUT2D eigenvalue weighted by atomic mass is 9.96. The van der Waals surface area contributed by atoms with E-state index >= 15 is 4.39 Å². The van der Waals surface area contributed by atoms with Crippen molar-refractivity contribution in [3.63, 3.8) is 0 Å². The van der Waals surface area contributed by atoms with E-state index < -0.39 is 27.9 Å². The number of ether oxygens (including phenoxy) is 3. The molecule has 2 aromatic carbocycles. The van der Waals surface area contributed by atoms with Crippen LogP contribution in [0.25, 0.3) is 0 Å². The van der Waals surface area contributed by atoms with Crippen molar-refractivity contribution in [1.82, 2.24) is 0 Å². The van der Waals surface area contributed by atoms with E-state index in [0.717, 1.165) is 22.7 Å². The minimum absolute atomic E-state index is 0.0207. The maximum absolute atomic E-state index is 15.2. The van der Waals surface area contributed by atoms with E-state index in [0.29, 0.717) is 50.6 Å². The van der Waals surface area contributed by atoms with Gasteiger partial charge in [0.1, 0.15) is 17.1 Å². The highest BCUT2D eigenvalue weighted by Crippen LogP contribution is 2.39. The minimum Gasteiger partial charge on any atom is -0.492 e. The Morgan fingerprint density at radius 2 is 1.91 bits per heavy atom. The van der Waals surface area contributed by atoms with Crippen LogP contribution in [-0.4, -0.2) is 47.4 Å². The van der Waals surface area contributed by atoms with Gasteiger partial charge in [0.25, 0.3) is 10.0 Å². The molecular weight excluding hydrogens is 473 g/mol. The Morgan fingerprint density at radius 3 is 2.60 bits per heavy atom. The fourth-order valence-electron chi connectivity index (χ4n) is 4.72. The van der Waals surface area contributed by atoms with Gasteiger partial charge in [0, 0.05) is 19.3 Å². The van der Waals surface area contributed by atoms with Crippen LogP contribution in [-0.2, 0) is 32.3 Å². The topological polar surface area (TPSA) is 82.1 Å². The van der Waals surface area contributed by atoms with Crippen molar-refractivity contribution in [3.05, 3.63) is 52.8 Å². The highest BCUT2D eigenvalue weighted by atomic mass is 32.2. The molecule has 35 heavy (non-hydrogen) atoms. The molecule has 0 amide bonds. The summed E-state index contributed by atoms with van der Waals surface area (Å²) < 4.78 is 60.1. The Morgan fingerprint density at radius 1 is 1.17 bits per heavy atom. The summed E-state index contributed by atoms with van der Waals surface area (Å²) in [6, 6.07) is 6.97. The molecule has 7 nitrogen and oxygen atoms in total. The molecule has 1 fully saturated rings. The van der Waals surface area contributed by atoms with Crippen LogP contribution in [0.4, 0.5) is 10.1 Å². The molecule has 190 valence electrons. The molecule has 0 bridgehead atoms. The van der Waals surface area contributed by atoms with Crippen LogP contribution in [0.1, 0.15) is 54.6 Å². The molecule has 0 radical (unpaired) electrons. The number of sulfonamides is 1. The summed E-state index contributed by atoms with van der Waals surface area (Å²) in [5.41, 5.74) is 1.60. The van der Waals surface area contributed by atoms with Crippen LogP contribution < -0.4 is 9.04 Å². The van der Waals surface area contributed by atoms with Gasteiger partial charge >= 0.3 is 5.97 Å². The zero-order valence-electron chi connectivity index (χ0n) is 20.4. The van der Waals surface area contributed by atoms with Gasteiger partial charge in [-0.05, 0) is 80.3 Å². The third-order valence-electron chi connectivity index (χ3n) is 6.79. The lowest BCUT2D eigenvalue weighted by Crippen LogP contribution is -2.42. The predicted molar refractivity (Wildman–Crippen MR) is 130 cm³/mol. The van der Waals surface area contributed by atoms with Gasteiger partial charge in [-0.1, -0.05) is 13.0 Å². The first-order chi connectivity index (χ1) is 16.8. The van der Waals surface area contributed by atoms with Gasteiger partial charge in [0.15, 0.2) is 0 Å². The van der Waals surface area contributed by atoms with E-state index in [1.807, 2.05) is 13.0 Å².